The molecule has 0 N–H and O–H groups in total. The molecule has 0 bridgehead atoms. The summed E-state index contributed by atoms with van der Waals surface area (Å²) >= 11 is 0. The van der Waals surface area contributed by atoms with Gasteiger partial charge in [0.1, 0.15) is 0 Å². The van der Waals surface area contributed by atoms with Gasteiger partial charge in [-0.2, -0.15) is 0 Å². The fraction of sp³-hybridized carbons (Fsp3) is 0.889. The van der Waals surface area contributed by atoms with Crippen LogP contribution in [-0.2, 0) is 9.53 Å². The van der Waals surface area contributed by atoms with E-state index in [9.17, 15) is 4.79 Å². The van der Waals surface area contributed by atoms with Crippen molar-refractivity contribution in [1.29, 1.82) is 0 Å². The summed E-state index contributed by atoms with van der Waals surface area (Å²) in [6.07, 6.45) is 0.484. The van der Waals surface area contributed by atoms with E-state index >= 15 is 0 Å². The molecule has 0 saturated heterocycles. The van der Waals surface area contributed by atoms with Crippen molar-refractivity contribution in [3.8, 4) is 0 Å². The van der Waals surface area contributed by atoms with Crippen LogP contribution in [0.1, 0.15) is 27.2 Å². The minimum atomic E-state index is -0.106. The van der Waals surface area contributed by atoms with E-state index in [-0.39, 0.29) is 12.0 Å². The molecule has 1 atom stereocenters. The largest absolute Gasteiger partial charge is 0.466 e. The fourth-order valence-corrected chi connectivity index (χ4v) is 0.929. The first kappa shape index (κ1) is 11.4. The molecule has 0 saturated carbocycles. The van der Waals surface area contributed by atoms with E-state index in [1.165, 1.54) is 0 Å². The lowest BCUT2D eigenvalue weighted by Gasteiger charge is -2.21. The summed E-state index contributed by atoms with van der Waals surface area (Å²) in [6, 6.07) is 0.272. The summed E-state index contributed by atoms with van der Waals surface area (Å²) in [5.74, 6) is -0.106. The lowest BCUT2D eigenvalue weighted by atomic mass is 10.2. The highest BCUT2D eigenvalue weighted by Crippen LogP contribution is 2.01. The van der Waals surface area contributed by atoms with E-state index in [0.717, 1.165) is 6.54 Å². The predicted octanol–water partition coefficient (Wildman–Crippen LogP) is 1.28. The maximum atomic E-state index is 11.0. The molecular formula is C9H19NO2. The van der Waals surface area contributed by atoms with Gasteiger partial charge >= 0.3 is 5.97 Å². The first-order chi connectivity index (χ1) is 5.61. The van der Waals surface area contributed by atoms with Crippen LogP contribution < -0.4 is 0 Å². The first-order valence-corrected chi connectivity index (χ1v) is 4.47. The van der Waals surface area contributed by atoms with Crippen LogP contribution in [-0.4, -0.2) is 37.1 Å². The van der Waals surface area contributed by atoms with E-state index in [1.807, 2.05) is 20.9 Å². The van der Waals surface area contributed by atoms with Crippen molar-refractivity contribution in [3.05, 3.63) is 0 Å². The molecule has 0 rings (SSSR count). The van der Waals surface area contributed by atoms with E-state index in [2.05, 4.69) is 11.8 Å². The standard InChI is InChI=1S/C9H19NO2/c1-5-10(4)8(3)7-9(11)12-6-2/h8H,5-7H2,1-4H3/t8-/m1/s1. The number of rotatable bonds is 5. The molecule has 0 amide bonds. The first-order valence-electron chi connectivity index (χ1n) is 4.47. The molecule has 0 aromatic heterocycles. The SMILES string of the molecule is CCOC(=O)C[C@@H](C)N(C)CC. The molecule has 0 aromatic carbocycles. The smallest absolute Gasteiger partial charge is 0.307 e. The van der Waals surface area contributed by atoms with Crippen molar-refractivity contribution in [2.75, 3.05) is 20.2 Å². The van der Waals surface area contributed by atoms with E-state index in [4.69, 9.17) is 4.74 Å². The van der Waals surface area contributed by atoms with Crippen molar-refractivity contribution in [1.82, 2.24) is 4.90 Å². The molecule has 12 heavy (non-hydrogen) atoms. The Bertz CT molecular complexity index is 136. The van der Waals surface area contributed by atoms with Crippen molar-refractivity contribution in [3.63, 3.8) is 0 Å². The zero-order chi connectivity index (χ0) is 9.56. The highest BCUT2D eigenvalue weighted by Gasteiger charge is 2.12. The molecule has 0 aliphatic heterocycles. The third kappa shape index (κ3) is 4.34. The minimum absolute atomic E-state index is 0.106. The van der Waals surface area contributed by atoms with Gasteiger partial charge in [0.25, 0.3) is 0 Å². The molecule has 0 unspecified atom stereocenters. The van der Waals surface area contributed by atoms with Gasteiger partial charge in [0.05, 0.1) is 13.0 Å². The highest BCUT2D eigenvalue weighted by atomic mass is 16.5. The highest BCUT2D eigenvalue weighted by molar-refractivity contribution is 5.69. The lowest BCUT2D eigenvalue weighted by Crippen LogP contribution is -2.31. The number of hydrogen-bond donors (Lipinski definition) is 0. The average molecular weight is 173 g/mol. The number of carbonyl (C=O) groups excluding carboxylic acids is 1. The molecule has 0 fully saturated rings. The minimum Gasteiger partial charge on any atom is -0.466 e. The Morgan fingerprint density at radius 2 is 2.08 bits per heavy atom. The number of nitrogens with zero attached hydrogens (tertiary/aromatic N) is 1. The summed E-state index contributed by atoms with van der Waals surface area (Å²) in [6.45, 7) is 7.36. The van der Waals surface area contributed by atoms with Crippen LogP contribution in [0.5, 0.6) is 0 Å². The third-order valence-electron chi connectivity index (χ3n) is 2.02. The maximum Gasteiger partial charge on any atom is 0.307 e. The molecule has 0 heterocycles. The number of ether oxygens (including phenoxy) is 1. The van der Waals surface area contributed by atoms with Gasteiger partial charge in [0.15, 0.2) is 0 Å². The Kier molecular flexibility index (Phi) is 5.72. The second-order valence-corrected chi connectivity index (χ2v) is 2.93. The van der Waals surface area contributed by atoms with Gasteiger partial charge in [-0.25, -0.2) is 0 Å². The Balaban J connectivity index is 3.67. The maximum absolute atomic E-state index is 11.0. The van der Waals surface area contributed by atoms with Gasteiger partial charge in [-0.15, -0.1) is 0 Å². The monoisotopic (exact) mass is 173 g/mol. The predicted molar refractivity (Wildman–Crippen MR) is 49.0 cm³/mol. The molecule has 0 aliphatic rings. The summed E-state index contributed by atoms with van der Waals surface area (Å²) in [5, 5.41) is 0. The van der Waals surface area contributed by atoms with Crippen LogP contribution in [0.15, 0.2) is 0 Å². The Morgan fingerprint density at radius 3 is 2.50 bits per heavy atom. The normalized spacial score (nSPS) is 13.1. The molecule has 0 radical (unpaired) electrons. The Morgan fingerprint density at radius 1 is 1.50 bits per heavy atom. The van der Waals surface area contributed by atoms with Gasteiger partial charge in [-0.1, -0.05) is 6.92 Å². The number of carbonyl (C=O) groups is 1. The van der Waals surface area contributed by atoms with Gasteiger partial charge in [-0.3, -0.25) is 4.79 Å². The molecule has 3 heteroatoms. The summed E-state index contributed by atoms with van der Waals surface area (Å²) in [4.78, 5) is 13.1. The van der Waals surface area contributed by atoms with E-state index < -0.39 is 0 Å². The van der Waals surface area contributed by atoms with Gasteiger partial charge < -0.3 is 9.64 Å². The second-order valence-electron chi connectivity index (χ2n) is 2.93. The van der Waals surface area contributed by atoms with Crippen LogP contribution in [0.25, 0.3) is 0 Å². The molecule has 0 spiro atoms. The summed E-state index contributed by atoms with van der Waals surface area (Å²) in [7, 11) is 2.00. The average Bonchev–Trinajstić information content (AvgIpc) is 2.03. The van der Waals surface area contributed by atoms with Crippen molar-refractivity contribution >= 4 is 5.97 Å². The Labute approximate surface area is 74.7 Å². The van der Waals surface area contributed by atoms with Gasteiger partial charge in [0.2, 0.25) is 0 Å². The topological polar surface area (TPSA) is 29.5 Å². The van der Waals surface area contributed by atoms with Crippen LogP contribution in [0, 0.1) is 0 Å². The fourth-order valence-electron chi connectivity index (χ4n) is 0.929. The van der Waals surface area contributed by atoms with E-state index in [1.54, 1.807) is 0 Å². The van der Waals surface area contributed by atoms with Crippen LogP contribution in [0.3, 0.4) is 0 Å². The van der Waals surface area contributed by atoms with Crippen molar-refractivity contribution < 1.29 is 9.53 Å². The number of esters is 1. The molecule has 72 valence electrons. The summed E-state index contributed by atoms with van der Waals surface area (Å²) < 4.78 is 4.84. The molecule has 0 aromatic rings. The third-order valence-corrected chi connectivity index (χ3v) is 2.02. The molecular weight excluding hydrogens is 154 g/mol. The van der Waals surface area contributed by atoms with Crippen LogP contribution >= 0.6 is 0 Å². The zero-order valence-corrected chi connectivity index (χ0v) is 8.46. The molecule has 3 nitrogen and oxygen atoms in total. The quantitative estimate of drug-likeness (QED) is 0.586. The van der Waals surface area contributed by atoms with Gasteiger partial charge in [-0.05, 0) is 27.4 Å². The number of hydrogen-bond acceptors (Lipinski definition) is 3. The van der Waals surface area contributed by atoms with Crippen molar-refractivity contribution in [2.45, 2.75) is 33.2 Å². The van der Waals surface area contributed by atoms with E-state index in [0.29, 0.717) is 13.0 Å². The van der Waals surface area contributed by atoms with Gasteiger partial charge in [0, 0.05) is 6.04 Å². The van der Waals surface area contributed by atoms with Crippen molar-refractivity contribution in [2.24, 2.45) is 0 Å². The summed E-state index contributed by atoms with van der Waals surface area (Å²) in [5.41, 5.74) is 0. The van der Waals surface area contributed by atoms with Crippen LogP contribution in [0.2, 0.25) is 0 Å². The van der Waals surface area contributed by atoms with Crippen LogP contribution in [0.4, 0.5) is 0 Å². The molecule has 0 aliphatic carbocycles. The Hall–Kier alpha value is -0.570. The lowest BCUT2D eigenvalue weighted by molar-refractivity contribution is -0.144. The zero-order valence-electron chi connectivity index (χ0n) is 8.46. The second kappa shape index (κ2) is 6.00.